The molecule has 0 bridgehead atoms. The first-order valence-corrected chi connectivity index (χ1v) is 9.34. The Balaban J connectivity index is 1.84. The Morgan fingerprint density at radius 1 is 0.800 bits per heavy atom. The third-order valence-corrected chi connectivity index (χ3v) is 4.80. The lowest BCUT2D eigenvalue weighted by Crippen LogP contribution is -2.11. The molecule has 1 rings (SSSR count). The highest BCUT2D eigenvalue weighted by molar-refractivity contribution is 5.78. The summed E-state index contributed by atoms with van der Waals surface area (Å²) in [6.07, 6.45) is 20.5. The number of unbranched alkanes of at least 4 members (excludes halogenated alkanes) is 8. The minimum absolute atomic E-state index is 0.542. The predicted molar refractivity (Wildman–Crippen MR) is 88.0 cm³/mol. The Morgan fingerprint density at radius 3 is 1.95 bits per heavy atom. The zero-order valence-electron chi connectivity index (χ0n) is 13.8. The first kappa shape index (κ1) is 17.7. The molecule has 0 radical (unpaired) electrons. The van der Waals surface area contributed by atoms with Crippen LogP contribution in [0.1, 0.15) is 110 Å². The van der Waals surface area contributed by atoms with Crippen LogP contribution in [-0.2, 0) is 4.79 Å². The first-order valence-electron chi connectivity index (χ1n) is 9.34. The second-order valence-electron chi connectivity index (χ2n) is 6.83. The predicted octanol–water partition coefficient (Wildman–Crippen LogP) is 6.45. The quantitative estimate of drug-likeness (QED) is 0.376. The van der Waals surface area contributed by atoms with Crippen LogP contribution in [0.4, 0.5) is 0 Å². The van der Waals surface area contributed by atoms with Crippen LogP contribution in [0.2, 0.25) is 0 Å². The third kappa shape index (κ3) is 9.55. The molecule has 0 spiro atoms. The minimum atomic E-state index is 0.542. The summed E-state index contributed by atoms with van der Waals surface area (Å²) in [6, 6.07) is 0. The van der Waals surface area contributed by atoms with Gasteiger partial charge in [-0.25, -0.2) is 0 Å². The van der Waals surface area contributed by atoms with Gasteiger partial charge >= 0.3 is 0 Å². The van der Waals surface area contributed by atoms with Gasteiger partial charge in [0.2, 0.25) is 0 Å². The second kappa shape index (κ2) is 12.4. The Bertz CT molecular complexity index is 228. The fraction of sp³-hybridized carbons (Fsp3) is 0.947. The molecule has 0 heterocycles. The molecule has 1 aliphatic rings. The molecule has 0 unspecified atom stereocenters. The molecule has 1 nitrogen and oxygen atoms in total. The summed E-state index contributed by atoms with van der Waals surface area (Å²) in [6.45, 7) is 2.27. The lowest BCUT2D eigenvalue weighted by atomic mass is 9.85. The summed E-state index contributed by atoms with van der Waals surface area (Å²) in [4.78, 5) is 11.9. The van der Waals surface area contributed by atoms with Crippen LogP contribution in [0.25, 0.3) is 0 Å². The van der Waals surface area contributed by atoms with E-state index in [0.29, 0.717) is 5.78 Å². The van der Waals surface area contributed by atoms with Crippen molar-refractivity contribution in [3.05, 3.63) is 0 Å². The van der Waals surface area contributed by atoms with E-state index in [1.165, 1.54) is 83.5 Å². The third-order valence-electron chi connectivity index (χ3n) is 4.80. The summed E-state index contributed by atoms with van der Waals surface area (Å²) in [5.41, 5.74) is 0. The number of hydrogen-bond acceptors (Lipinski definition) is 1. The fourth-order valence-electron chi connectivity index (χ4n) is 3.45. The fourth-order valence-corrected chi connectivity index (χ4v) is 3.45. The standard InChI is InChI=1S/C19H36O/c1-2-3-4-5-6-7-8-9-13-16-19(20)17-18-14-11-10-12-15-18/h18H,2-17H2,1H3. The number of carbonyl (C=O) groups excluding carboxylic acids is 1. The highest BCUT2D eigenvalue weighted by atomic mass is 16.1. The normalized spacial score (nSPS) is 16.4. The van der Waals surface area contributed by atoms with Gasteiger partial charge in [-0.2, -0.15) is 0 Å². The highest BCUT2D eigenvalue weighted by Gasteiger charge is 2.16. The van der Waals surface area contributed by atoms with Gasteiger partial charge in [0.05, 0.1) is 0 Å². The molecule has 0 saturated heterocycles. The van der Waals surface area contributed by atoms with Gasteiger partial charge in [-0.15, -0.1) is 0 Å². The van der Waals surface area contributed by atoms with Crippen molar-refractivity contribution in [2.75, 3.05) is 0 Å². The van der Waals surface area contributed by atoms with Gasteiger partial charge in [0, 0.05) is 12.8 Å². The van der Waals surface area contributed by atoms with Crippen molar-refractivity contribution in [3.63, 3.8) is 0 Å². The molecule has 20 heavy (non-hydrogen) atoms. The summed E-state index contributed by atoms with van der Waals surface area (Å²) < 4.78 is 0. The van der Waals surface area contributed by atoms with Crippen molar-refractivity contribution in [3.8, 4) is 0 Å². The summed E-state index contributed by atoms with van der Waals surface area (Å²) in [7, 11) is 0. The van der Waals surface area contributed by atoms with E-state index in [-0.39, 0.29) is 0 Å². The second-order valence-corrected chi connectivity index (χ2v) is 6.83. The maximum Gasteiger partial charge on any atom is 0.133 e. The van der Waals surface area contributed by atoms with E-state index in [9.17, 15) is 4.79 Å². The SMILES string of the molecule is CCCCCCCCCCCC(=O)CC1CCCCC1. The molecule has 1 saturated carbocycles. The van der Waals surface area contributed by atoms with E-state index >= 15 is 0 Å². The van der Waals surface area contributed by atoms with Gasteiger partial charge in [0.15, 0.2) is 0 Å². The van der Waals surface area contributed by atoms with Gasteiger partial charge in [0.25, 0.3) is 0 Å². The topological polar surface area (TPSA) is 17.1 Å². The molecular weight excluding hydrogens is 244 g/mol. The van der Waals surface area contributed by atoms with Crippen molar-refractivity contribution < 1.29 is 4.79 Å². The zero-order valence-corrected chi connectivity index (χ0v) is 13.8. The van der Waals surface area contributed by atoms with E-state index in [4.69, 9.17) is 0 Å². The van der Waals surface area contributed by atoms with E-state index in [1.54, 1.807) is 0 Å². The van der Waals surface area contributed by atoms with Gasteiger partial charge in [-0.3, -0.25) is 4.79 Å². The van der Waals surface area contributed by atoms with Crippen LogP contribution in [0.3, 0.4) is 0 Å². The van der Waals surface area contributed by atoms with Crippen LogP contribution >= 0.6 is 0 Å². The van der Waals surface area contributed by atoms with Crippen LogP contribution in [-0.4, -0.2) is 5.78 Å². The van der Waals surface area contributed by atoms with Crippen molar-refractivity contribution in [1.82, 2.24) is 0 Å². The van der Waals surface area contributed by atoms with E-state index < -0.39 is 0 Å². The van der Waals surface area contributed by atoms with E-state index in [2.05, 4.69) is 6.92 Å². The molecule has 118 valence electrons. The summed E-state index contributed by atoms with van der Waals surface area (Å²) in [5, 5.41) is 0. The maximum absolute atomic E-state index is 11.9. The van der Waals surface area contributed by atoms with Crippen LogP contribution in [0, 0.1) is 5.92 Å². The van der Waals surface area contributed by atoms with Gasteiger partial charge in [0.1, 0.15) is 5.78 Å². The minimum Gasteiger partial charge on any atom is -0.300 e. The zero-order chi connectivity index (χ0) is 14.5. The van der Waals surface area contributed by atoms with Crippen LogP contribution in [0.15, 0.2) is 0 Å². The van der Waals surface area contributed by atoms with Crippen molar-refractivity contribution in [2.45, 2.75) is 110 Å². The van der Waals surface area contributed by atoms with Gasteiger partial charge < -0.3 is 0 Å². The molecule has 1 aliphatic carbocycles. The number of rotatable bonds is 12. The van der Waals surface area contributed by atoms with Crippen molar-refractivity contribution in [1.29, 1.82) is 0 Å². The smallest absolute Gasteiger partial charge is 0.133 e. The average molecular weight is 280 g/mol. The molecule has 0 N–H and O–H groups in total. The maximum atomic E-state index is 11.9. The lowest BCUT2D eigenvalue weighted by molar-refractivity contribution is -0.120. The lowest BCUT2D eigenvalue weighted by Gasteiger charge is -2.20. The Hall–Kier alpha value is -0.330. The molecule has 1 heteroatoms. The molecule has 1 fully saturated rings. The average Bonchev–Trinajstić information content (AvgIpc) is 2.46. The Labute approximate surface area is 126 Å². The molecule has 0 atom stereocenters. The van der Waals surface area contributed by atoms with Gasteiger partial charge in [-0.05, 0) is 12.3 Å². The van der Waals surface area contributed by atoms with Crippen molar-refractivity contribution >= 4 is 5.78 Å². The number of Topliss-reactive ketones (excluding diaryl/α,β-unsaturated/α-hetero) is 1. The van der Waals surface area contributed by atoms with Gasteiger partial charge in [-0.1, -0.05) is 90.4 Å². The highest BCUT2D eigenvalue weighted by Crippen LogP contribution is 2.27. The monoisotopic (exact) mass is 280 g/mol. The summed E-state index contributed by atoms with van der Waals surface area (Å²) >= 11 is 0. The van der Waals surface area contributed by atoms with Crippen LogP contribution in [0.5, 0.6) is 0 Å². The van der Waals surface area contributed by atoms with E-state index in [0.717, 1.165) is 25.2 Å². The molecule has 0 aromatic heterocycles. The van der Waals surface area contributed by atoms with E-state index in [1.807, 2.05) is 0 Å². The Morgan fingerprint density at radius 2 is 1.35 bits per heavy atom. The number of ketones is 1. The Kier molecular flexibility index (Phi) is 11.0. The van der Waals surface area contributed by atoms with Crippen molar-refractivity contribution in [2.24, 2.45) is 5.92 Å². The first-order chi connectivity index (χ1) is 9.83. The summed E-state index contributed by atoms with van der Waals surface area (Å²) in [5.74, 6) is 1.27. The number of carbonyl (C=O) groups is 1. The molecule has 0 amide bonds. The number of hydrogen-bond donors (Lipinski definition) is 0. The molecule has 0 aliphatic heterocycles. The van der Waals surface area contributed by atoms with Crippen LogP contribution < -0.4 is 0 Å². The molecule has 0 aromatic rings. The molecule has 0 aromatic carbocycles. The molecular formula is C19H36O. The largest absolute Gasteiger partial charge is 0.300 e.